The minimum atomic E-state index is -4.04. The summed E-state index contributed by atoms with van der Waals surface area (Å²) in [4.78, 5) is 0. The van der Waals surface area contributed by atoms with Gasteiger partial charge in [-0.1, -0.05) is 20.8 Å². The molecule has 1 atom stereocenters. The second kappa shape index (κ2) is 4.81. The van der Waals surface area contributed by atoms with Crippen LogP contribution in [0, 0.1) is 0 Å². The number of alkyl halides is 3. The average Bonchev–Trinajstić information content (AvgIpc) is 2.81. The fourth-order valence-electron chi connectivity index (χ4n) is 2.15. The summed E-state index contributed by atoms with van der Waals surface area (Å²) in [6.07, 6.45) is -6.89. The second-order valence-corrected chi connectivity index (χ2v) is 6.35. The number of nitrogens with zero attached hydrogens (tertiary/aromatic N) is 2. The van der Waals surface area contributed by atoms with Crippen LogP contribution in [0.4, 0.5) is 19.0 Å². The summed E-state index contributed by atoms with van der Waals surface area (Å²) in [5, 5.41) is 4.39. The number of nitrogen functional groups attached to an aromatic ring is 1. The molecule has 1 aliphatic heterocycles. The van der Waals surface area contributed by atoms with Crippen LogP contribution < -0.4 is 15.2 Å². The summed E-state index contributed by atoms with van der Waals surface area (Å²) < 4.78 is 50.0. The maximum Gasteiger partial charge on any atom is 0.468 e. The third-order valence-electron chi connectivity index (χ3n) is 3.42. The number of aromatic nitrogens is 2. The van der Waals surface area contributed by atoms with Gasteiger partial charge in [0, 0.05) is 17.5 Å². The molecule has 1 aromatic carbocycles. The van der Waals surface area contributed by atoms with Crippen molar-refractivity contribution in [3.8, 4) is 17.2 Å². The molecular weight excluding hydrogens is 311 g/mol. The highest BCUT2D eigenvalue weighted by atomic mass is 19.3. The van der Waals surface area contributed by atoms with Gasteiger partial charge in [0.25, 0.3) is 0 Å². The molecule has 124 valence electrons. The number of hydrogen-bond acceptors (Lipinski definition) is 4. The first-order valence-electron chi connectivity index (χ1n) is 6.96. The average molecular weight is 327 g/mol. The zero-order valence-electron chi connectivity index (χ0n) is 12.8. The second-order valence-electron chi connectivity index (χ2n) is 6.35. The minimum Gasteiger partial charge on any atom is -0.447 e. The Morgan fingerprint density at radius 1 is 1.22 bits per heavy atom. The van der Waals surface area contributed by atoms with E-state index in [1.54, 1.807) is 6.07 Å². The summed E-state index contributed by atoms with van der Waals surface area (Å²) in [7, 11) is 0. The van der Waals surface area contributed by atoms with E-state index < -0.39 is 12.5 Å². The Morgan fingerprint density at radius 3 is 2.52 bits per heavy atom. The normalized spacial score (nSPS) is 19.7. The Balaban J connectivity index is 2.02. The Labute approximate surface area is 130 Å². The monoisotopic (exact) mass is 327 g/mol. The summed E-state index contributed by atoms with van der Waals surface area (Å²) in [6.45, 7) is 5.93. The van der Waals surface area contributed by atoms with Crippen molar-refractivity contribution in [1.29, 1.82) is 0 Å². The molecule has 0 spiro atoms. The third kappa shape index (κ3) is 2.69. The Bertz CT molecular complexity index is 753. The Kier molecular flexibility index (Phi) is 3.24. The summed E-state index contributed by atoms with van der Waals surface area (Å²) in [6, 6.07) is 5.87. The molecule has 2 N–H and O–H groups in total. The first kappa shape index (κ1) is 15.5. The van der Waals surface area contributed by atoms with Crippen molar-refractivity contribution in [2.45, 2.75) is 38.7 Å². The number of ether oxygens (including phenoxy) is 2. The zero-order valence-corrected chi connectivity index (χ0v) is 12.8. The van der Waals surface area contributed by atoms with E-state index >= 15 is 0 Å². The number of anilines is 1. The van der Waals surface area contributed by atoms with Gasteiger partial charge in [0.2, 0.25) is 0 Å². The molecule has 0 radical (unpaired) electrons. The molecule has 8 heteroatoms. The van der Waals surface area contributed by atoms with Gasteiger partial charge in [0.1, 0.15) is 5.82 Å². The van der Waals surface area contributed by atoms with Crippen LogP contribution in [0.5, 0.6) is 11.5 Å². The van der Waals surface area contributed by atoms with Crippen LogP contribution in [0.1, 0.15) is 26.5 Å². The quantitative estimate of drug-likeness (QED) is 0.872. The van der Waals surface area contributed by atoms with Gasteiger partial charge in [0.15, 0.2) is 11.5 Å². The molecule has 0 amide bonds. The van der Waals surface area contributed by atoms with Crippen molar-refractivity contribution in [2.24, 2.45) is 0 Å². The molecule has 0 bridgehead atoms. The van der Waals surface area contributed by atoms with Gasteiger partial charge in [0.05, 0.1) is 11.4 Å². The lowest BCUT2D eigenvalue weighted by molar-refractivity contribution is -0.281. The molecule has 0 saturated carbocycles. The highest BCUT2D eigenvalue weighted by Gasteiger charge is 2.49. The van der Waals surface area contributed by atoms with Crippen LogP contribution in [0.15, 0.2) is 24.3 Å². The van der Waals surface area contributed by atoms with E-state index in [9.17, 15) is 13.2 Å². The van der Waals surface area contributed by atoms with E-state index in [-0.39, 0.29) is 16.9 Å². The van der Waals surface area contributed by atoms with Gasteiger partial charge in [-0.15, -0.1) is 0 Å². The SMILES string of the molecule is CC(C)(C)c1cc(N)n(-c2ccc3c(c2)OC(F)(F)C(F)O3)n1. The lowest BCUT2D eigenvalue weighted by atomic mass is 9.92. The maximum absolute atomic E-state index is 13.3. The molecule has 1 unspecified atom stereocenters. The van der Waals surface area contributed by atoms with E-state index in [2.05, 4.69) is 14.6 Å². The van der Waals surface area contributed by atoms with Crippen molar-refractivity contribution in [3.05, 3.63) is 30.0 Å². The number of halogens is 3. The number of rotatable bonds is 1. The summed E-state index contributed by atoms with van der Waals surface area (Å²) in [5.41, 5.74) is 6.88. The number of benzene rings is 1. The predicted molar refractivity (Wildman–Crippen MR) is 77.8 cm³/mol. The molecular formula is C15H16F3N3O2. The van der Waals surface area contributed by atoms with Crippen molar-refractivity contribution >= 4 is 5.82 Å². The molecule has 2 heterocycles. The van der Waals surface area contributed by atoms with Gasteiger partial charge >= 0.3 is 12.5 Å². The van der Waals surface area contributed by atoms with Crippen molar-refractivity contribution in [1.82, 2.24) is 9.78 Å². The molecule has 1 aliphatic rings. The summed E-state index contributed by atoms with van der Waals surface area (Å²) >= 11 is 0. The van der Waals surface area contributed by atoms with Crippen molar-refractivity contribution in [3.63, 3.8) is 0 Å². The van der Waals surface area contributed by atoms with Gasteiger partial charge in [-0.2, -0.15) is 18.3 Å². The van der Waals surface area contributed by atoms with Crippen LogP contribution in [-0.2, 0) is 5.41 Å². The molecule has 1 aromatic heterocycles. The van der Waals surface area contributed by atoms with E-state index in [0.717, 1.165) is 5.69 Å². The number of nitrogens with two attached hydrogens (primary N) is 1. The fraction of sp³-hybridized carbons (Fsp3) is 0.400. The topological polar surface area (TPSA) is 62.3 Å². The molecule has 0 aliphatic carbocycles. The molecule has 3 rings (SSSR count). The van der Waals surface area contributed by atoms with Crippen LogP contribution >= 0.6 is 0 Å². The Hall–Kier alpha value is -2.38. The largest absolute Gasteiger partial charge is 0.468 e. The van der Waals surface area contributed by atoms with Gasteiger partial charge in [-0.05, 0) is 12.1 Å². The van der Waals surface area contributed by atoms with Crippen LogP contribution in [-0.4, -0.2) is 22.2 Å². The zero-order chi connectivity index (χ0) is 17.0. The Morgan fingerprint density at radius 2 is 1.91 bits per heavy atom. The highest BCUT2D eigenvalue weighted by Crippen LogP contribution is 2.41. The first-order valence-corrected chi connectivity index (χ1v) is 6.96. The van der Waals surface area contributed by atoms with Crippen molar-refractivity contribution < 1.29 is 22.6 Å². The van der Waals surface area contributed by atoms with E-state index in [1.165, 1.54) is 22.9 Å². The van der Waals surface area contributed by atoms with Crippen LogP contribution in [0.25, 0.3) is 5.69 Å². The lowest BCUT2D eigenvalue weighted by Crippen LogP contribution is -2.43. The van der Waals surface area contributed by atoms with Gasteiger partial charge in [-0.25, -0.2) is 4.68 Å². The molecule has 2 aromatic rings. The number of hydrogen-bond donors (Lipinski definition) is 1. The van der Waals surface area contributed by atoms with Gasteiger partial charge < -0.3 is 15.2 Å². The standard InChI is InChI=1S/C15H16F3N3O2/c1-14(2,3)11-7-12(19)21(20-11)8-4-5-9-10(6-8)23-15(17,18)13(16)22-9/h4-7,13H,19H2,1-3H3. The van der Waals surface area contributed by atoms with E-state index in [1.807, 2.05) is 20.8 Å². The lowest BCUT2D eigenvalue weighted by Gasteiger charge is -2.28. The summed E-state index contributed by atoms with van der Waals surface area (Å²) in [5.74, 6) is -0.0238. The third-order valence-corrected chi connectivity index (χ3v) is 3.42. The van der Waals surface area contributed by atoms with Crippen LogP contribution in [0.3, 0.4) is 0 Å². The smallest absolute Gasteiger partial charge is 0.447 e. The van der Waals surface area contributed by atoms with E-state index in [0.29, 0.717) is 11.5 Å². The fourth-order valence-corrected chi connectivity index (χ4v) is 2.15. The molecule has 0 fully saturated rings. The maximum atomic E-state index is 13.3. The molecule has 23 heavy (non-hydrogen) atoms. The number of fused-ring (bicyclic) bond motifs is 1. The highest BCUT2D eigenvalue weighted by molar-refractivity contribution is 5.52. The molecule has 0 saturated heterocycles. The molecule has 5 nitrogen and oxygen atoms in total. The van der Waals surface area contributed by atoms with Gasteiger partial charge in [-0.3, -0.25) is 0 Å². The van der Waals surface area contributed by atoms with E-state index in [4.69, 9.17) is 5.73 Å². The minimum absolute atomic E-state index is 0.103. The van der Waals surface area contributed by atoms with Crippen LogP contribution in [0.2, 0.25) is 0 Å². The predicted octanol–water partition coefficient (Wildman–Crippen LogP) is 3.41. The first-order chi connectivity index (χ1) is 10.6. The van der Waals surface area contributed by atoms with Crippen molar-refractivity contribution in [2.75, 3.05) is 5.73 Å².